The van der Waals surface area contributed by atoms with E-state index in [-0.39, 0.29) is 29.8 Å². The molecule has 1 aliphatic carbocycles. The van der Waals surface area contributed by atoms with Crippen LogP contribution < -0.4 is 25.6 Å². The molecule has 0 radical (unpaired) electrons. The molecule has 0 saturated heterocycles. The van der Waals surface area contributed by atoms with Gasteiger partial charge in [0, 0.05) is 49.8 Å². The summed E-state index contributed by atoms with van der Waals surface area (Å²) in [5.74, 6) is 0.130. The molecule has 9 heteroatoms. The summed E-state index contributed by atoms with van der Waals surface area (Å²) >= 11 is 1.49. The summed E-state index contributed by atoms with van der Waals surface area (Å²) in [4.78, 5) is 38.4. The second-order valence-corrected chi connectivity index (χ2v) is 12.0. The number of hydrogen-bond donors (Lipinski definition) is 4. The molecule has 0 aromatic heterocycles. The van der Waals surface area contributed by atoms with E-state index in [1.165, 1.54) is 30.4 Å². The van der Waals surface area contributed by atoms with Crippen LogP contribution in [0.2, 0.25) is 0 Å². The largest absolute Gasteiger partial charge is 0.354 e. The Labute approximate surface area is 266 Å². The van der Waals surface area contributed by atoms with Gasteiger partial charge in [0.15, 0.2) is 0 Å². The number of carbonyl (C=O) groups is 3. The van der Waals surface area contributed by atoms with Gasteiger partial charge in [0.05, 0.1) is 12.1 Å². The summed E-state index contributed by atoms with van der Waals surface area (Å²) in [5.41, 5.74) is 3.91. The number of carbonyl (C=O) groups excluding carboxylic acids is 3. The minimum Gasteiger partial charge on any atom is -0.354 e. The van der Waals surface area contributed by atoms with Gasteiger partial charge in [0.25, 0.3) is 11.8 Å². The lowest BCUT2D eigenvalue weighted by molar-refractivity contribution is -0.123. The molecule has 3 aromatic rings. The van der Waals surface area contributed by atoms with Gasteiger partial charge in [-0.2, -0.15) is 0 Å². The molecule has 0 unspecified atom stereocenters. The van der Waals surface area contributed by atoms with Crippen LogP contribution in [-0.4, -0.2) is 56.7 Å². The molecule has 0 bridgehead atoms. The first kappa shape index (κ1) is 34.7. The maximum Gasteiger partial charge on any atom is 0.251 e. The molecule has 236 valence electrons. The molecule has 0 spiro atoms. The normalized spacial score (nSPS) is 13.5. The van der Waals surface area contributed by atoms with Gasteiger partial charge in [-0.1, -0.05) is 85.1 Å². The predicted molar refractivity (Wildman–Crippen MR) is 182 cm³/mol. The fourth-order valence-electron chi connectivity index (χ4n) is 4.44. The number of benzene rings is 3. The van der Waals surface area contributed by atoms with E-state index >= 15 is 0 Å². The third kappa shape index (κ3) is 11.7. The molecule has 4 rings (SSSR count). The number of anilines is 1. The zero-order valence-electron chi connectivity index (χ0n) is 26.6. The average Bonchev–Trinajstić information content (AvgIpc) is 3.88. The van der Waals surface area contributed by atoms with Gasteiger partial charge >= 0.3 is 0 Å². The van der Waals surface area contributed by atoms with Crippen LogP contribution in [0.1, 0.15) is 71.0 Å². The third-order valence-corrected chi connectivity index (χ3v) is 8.21. The Kier molecular flexibility index (Phi) is 14.3. The third-order valence-electron chi connectivity index (χ3n) is 7.46. The van der Waals surface area contributed by atoms with Gasteiger partial charge in [-0.25, -0.2) is 0 Å². The Morgan fingerprint density at radius 2 is 1.50 bits per heavy atom. The Hall–Kier alpha value is -3.82. The number of hydrogen-bond acceptors (Lipinski definition) is 6. The van der Waals surface area contributed by atoms with Gasteiger partial charge in [0.1, 0.15) is 0 Å². The standard InChI is InChI=1S/C28H39N5O3S.C7H8/c1-5-25(28(36)31-18-20-11-12-20)29-13-14-30-26(34)22-15-23(17-24(16-22)33(3)37-4)27(35)32-19(2)21-9-7-6-8-10-21;1-7-5-3-2-4-6-7/h6-10,15-17,19-20,25,29H,5,11-14,18H2,1-4H3,(H,30,34)(H,31,36)(H,32,35);2-6H,1H3/t19-,25+;/m1./s1. The topological polar surface area (TPSA) is 103 Å². The van der Waals surface area contributed by atoms with Crippen LogP contribution in [0.5, 0.6) is 0 Å². The molecule has 4 N–H and O–H groups in total. The minimum absolute atomic E-state index is 0.00826. The van der Waals surface area contributed by atoms with Crippen molar-refractivity contribution in [2.45, 2.75) is 52.1 Å². The maximum absolute atomic E-state index is 13.1. The summed E-state index contributed by atoms with van der Waals surface area (Å²) in [6.07, 6.45) is 4.99. The van der Waals surface area contributed by atoms with E-state index in [1.807, 2.05) is 80.0 Å². The highest BCUT2D eigenvalue weighted by Gasteiger charge is 2.23. The molecule has 3 aromatic carbocycles. The number of aryl methyl sites for hydroxylation is 1. The van der Waals surface area contributed by atoms with E-state index in [9.17, 15) is 14.4 Å². The Morgan fingerprint density at radius 3 is 2.05 bits per heavy atom. The molecule has 1 saturated carbocycles. The highest BCUT2D eigenvalue weighted by molar-refractivity contribution is 7.99. The maximum atomic E-state index is 13.1. The minimum atomic E-state index is -0.281. The smallest absolute Gasteiger partial charge is 0.251 e. The van der Waals surface area contributed by atoms with Crippen molar-refractivity contribution in [1.29, 1.82) is 0 Å². The lowest BCUT2D eigenvalue weighted by Crippen LogP contribution is -2.46. The first-order valence-corrected chi connectivity index (χ1v) is 16.5. The molecular formula is C35H47N5O3S. The van der Waals surface area contributed by atoms with Gasteiger partial charge in [-0.05, 0) is 62.8 Å². The Balaban J connectivity index is 0.000000662. The SMILES string of the molecule is CC[C@H](NCCNC(=O)c1cc(C(=O)N[C@H](C)c2ccccc2)cc(N(C)SC)c1)C(=O)NCC1CC1.Cc1ccccc1. The van der Waals surface area contributed by atoms with Crippen LogP contribution >= 0.6 is 11.9 Å². The molecule has 8 nitrogen and oxygen atoms in total. The molecule has 3 amide bonds. The zero-order chi connectivity index (χ0) is 31.9. The number of nitrogens with zero attached hydrogens (tertiary/aromatic N) is 1. The number of amides is 3. The van der Waals surface area contributed by atoms with Gasteiger partial charge in [0.2, 0.25) is 5.91 Å². The summed E-state index contributed by atoms with van der Waals surface area (Å²) in [6.45, 7) is 7.55. The molecule has 0 aliphatic heterocycles. The average molecular weight is 618 g/mol. The molecule has 2 atom stereocenters. The van der Waals surface area contributed by atoms with Crippen molar-refractivity contribution in [3.63, 3.8) is 0 Å². The van der Waals surface area contributed by atoms with Crippen molar-refractivity contribution >= 4 is 35.4 Å². The van der Waals surface area contributed by atoms with Crippen LogP contribution in [-0.2, 0) is 4.79 Å². The fourth-order valence-corrected chi connectivity index (χ4v) is 4.75. The number of nitrogens with one attached hydrogen (secondary N) is 4. The monoisotopic (exact) mass is 617 g/mol. The van der Waals surface area contributed by atoms with E-state index in [0.29, 0.717) is 36.6 Å². The molecular weight excluding hydrogens is 570 g/mol. The van der Waals surface area contributed by atoms with E-state index in [2.05, 4.69) is 40.3 Å². The summed E-state index contributed by atoms with van der Waals surface area (Å²) in [5, 5.41) is 12.2. The quantitative estimate of drug-likeness (QED) is 0.141. The molecule has 0 heterocycles. The van der Waals surface area contributed by atoms with E-state index in [0.717, 1.165) is 17.8 Å². The van der Waals surface area contributed by atoms with E-state index in [1.54, 1.807) is 18.2 Å². The van der Waals surface area contributed by atoms with Crippen molar-refractivity contribution in [2.75, 3.05) is 37.2 Å². The van der Waals surface area contributed by atoms with Gasteiger partial charge in [-0.3, -0.25) is 14.4 Å². The Bertz CT molecular complexity index is 1330. The van der Waals surface area contributed by atoms with Gasteiger partial charge in [-0.15, -0.1) is 0 Å². The highest BCUT2D eigenvalue weighted by Crippen LogP contribution is 2.27. The first-order chi connectivity index (χ1) is 21.2. The fraction of sp³-hybridized carbons (Fsp3) is 0.400. The highest BCUT2D eigenvalue weighted by atomic mass is 32.2. The van der Waals surface area contributed by atoms with E-state index < -0.39 is 0 Å². The lowest BCUT2D eigenvalue weighted by Gasteiger charge is -2.19. The van der Waals surface area contributed by atoms with Crippen LogP contribution in [0.15, 0.2) is 78.9 Å². The van der Waals surface area contributed by atoms with E-state index in [4.69, 9.17) is 0 Å². The second-order valence-electron chi connectivity index (χ2n) is 11.1. The van der Waals surface area contributed by atoms with Crippen molar-refractivity contribution in [2.24, 2.45) is 5.92 Å². The number of rotatable bonds is 14. The Morgan fingerprint density at radius 1 is 0.886 bits per heavy atom. The predicted octanol–water partition coefficient (Wildman–Crippen LogP) is 5.51. The second kappa shape index (κ2) is 18.1. The van der Waals surface area contributed by atoms with Crippen molar-refractivity contribution in [3.8, 4) is 0 Å². The van der Waals surface area contributed by atoms with Crippen molar-refractivity contribution in [3.05, 3.63) is 101 Å². The first-order valence-electron chi connectivity index (χ1n) is 15.3. The summed E-state index contributed by atoms with van der Waals surface area (Å²) < 4.78 is 1.90. The van der Waals surface area contributed by atoms with Crippen LogP contribution in [0.3, 0.4) is 0 Å². The van der Waals surface area contributed by atoms with Crippen LogP contribution in [0.4, 0.5) is 5.69 Å². The van der Waals surface area contributed by atoms with Gasteiger partial charge < -0.3 is 25.6 Å². The molecule has 44 heavy (non-hydrogen) atoms. The zero-order valence-corrected chi connectivity index (χ0v) is 27.4. The molecule has 1 aliphatic rings. The van der Waals surface area contributed by atoms with Crippen LogP contribution in [0, 0.1) is 12.8 Å². The van der Waals surface area contributed by atoms with Crippen molar-refractivity contribution < 1.29 is 14.4 Å². The lowest BCUT2D eigenvalue weighted by atomic mass is 10.1. The van der Waals surface area contributed by atoms with Crippen LogP contribution in [0.25, 0.3) is 0 Å². The molecule has 1 fully saturated rings. The summed E-state index contributed by atoms with van der Waals surface area (Å²) in [6, 6.07) is 24.7. The van der Waals surface area contributed by atoms with Crippen molar-refractivity contribution in [1.82, 2.24) is 21.3 Å². The summed E-state index contributed by atoms with van der Waals surface area (Å²) in [7, 11) is 1.89.